The molecular weight excluding hydrogens is 266 g/mol. The van der Waals surface area contributed by atoms with Gasteiger partial charge in [0.15, 0.2) is 0 Å². The van der Waals surface area contributed by atoms with Crippen molar-refractivity contribution in [3.05, 3.63) is 12.2 Å². The summed E-state index contributed by atoms with van der Waals surface area (Å²) in [4.78, 5) is 16.0. The van der Waals surface area contributed by atoms with Gasteiger partial charge in [0.25, 0.3) is 0 Å². The van der Waals surface area contributed by atoms with Crippen molar-refractivity contribution in [2.75, 3.05) is 0 Å². The van der Waals surface area contributed by atoms with E-state index in [1.165, 1.54) is 6.42 Å². The molecule has 0 radical (unpaired) electrons. The van der Waals surface area contributed by atoms with Crippen LogP contribution in [0.4, 0.5) is 0 Å². The quantitative estimate of drug-likeness (QED) is 0.777. The first-order chi connectivity index (χ1) is 10.1. The van der Waals surface area contributed by atoms with Gasteiger partial charge in [-0.2, -0.15) is 5.10 Å². The second kappa shape index (κ2) is 7.54. The predicted octanol–water partition coefficient (Wildman–Crippen LogP) is 1.46. The molecule has 2 rings (SSSR count). The van der Waals surface area contributed by atoms with E-state index in [0.717, 1.165) is 38.1 Å². The minimum absolute atomic E-state index is 0.0611. The molecule has 0 bridgehead atoms. The molecule has 1 aromatic rings. The molecule has 6 nitrogen and oxygen atoms in total. The Kier molecular flexibility index (Phi) is 5.73. The number of hydrogen-bond acceptors (Lipinski definition) is 4. The van der Waals surface area contributed by atoms with Crippen molar-refractivity contribution < 1.29 is 4.79 Å². The van der Waals surface area contributed by atoms with Crippen molar-refractivity contribution in [1.82, 2.24) is 20.1 Å². The maximum absolute atomic E-state index is 11.6. The standard InChI is InChI=1S/C15H27N5O/c1-11(2)9-20-14(18-10-19-20)8-17-13-7-5-3-4-6-12(13)15(16)21/h10-13,17H,3-9H2,1-2H3,(H2,16,21)/t12-,13+/m1/s1. The van der Waals surface area contributed by atoms with Crippen molar-refractivity contribution in [3.8, 4) is 0 Å². The number of aromatic nitrogens is 3. The third-order valence-electron chi connectivity index (χ3n) is 4.14. The Balaban J connectivity index is 1.97. The fourth-order valence-electron chi connectivity index (χ4n) is 3.04. The number of nitrogens with two attached hydrogens (primary N) is 1. The van der Waals surface area contributed by atoms with Crippen LogP contribution in [0.15, 0.2) is 6.33 Å². The Morgan fingerprint density at radius 1 is 1.43 bits per heavy atom. The van der Waals surface area contributed by atoms with Gasteiger partial charge >= 0.3 is 0 Å². The molecule has 1 aliphatic rings. The minimum Gasteiger partial charge on any atom is -0.369 e. The molecule has 1 saturated carbocycles. The van der Waals surface area contributed by atoms with Crippen LogP contribution < -0.4 is 11.1 Å². The molecule has 0 spiro atoms. The molecule has 0 saturated heterocycles. The van der Waals surface area contributed by atoms with E-state index in [0.29, 0.717) is 12.5 Å². The summed E-state index contributed by atoms with van der Waals surface area (Å²) in [6, 6.07) is 0.161. The Morgan fingerprint density at radius 3 is 2.90 bits per heavy atom. The van der Waals surface area contributed by atoms with Crippen molar-refractivity contribution >= 4 is 5.91 Å². The molecule has 21 heavy (non-hydrogen) atoms. The number of rotatable bonds is 6. The van der Waals surface area contributed by atoms with Gasteiger partial charge in [-0.25, -0.2) is 9.67 Å². The molecular formula is C15H27N5O. The number of nitrogens with one attached hydrogen (secondary N) is 1. The highest BCUT2D eigenvalue weighted by molar-refractivity contribution is 5.77. The van der Waals surface area contributed by atoms with Crippen molar-refractivity contribution in [1.29, 1.82) is 0 Å². The number of primary amides is 1. The zero-order valence-electron chi connectivity index (χ0n) is 13.1. The highest BCUT2D eigenvalue weighted by atomic mass is 16.1. The highest BCUT2D eigenvalue weighted by Crippen LogP contribution is 2.23. The summed E-state index contributed by atoms with van der Waals surface area (Å²) < 4.78 is 1.94. The van der Waals surface area contributed by atoms with E-state index in [1.54, 1.807) is 6.33 Å². The lowest BCUT2D eigenvalue weighted by atomic mass is 9.94. The molecule has 1 heterocycles. The van der Waals surface area contributed by atoms with E-state index in [2.05, 4.69) is 29.2 Å². The summed E-state index contributed by atoms with van der Waals surface area (Å²) in [5.74, 6) is 1.21. The molecule has 0 aromatic carbocycles. The number of hydrogen-bond donors (Lipinski definition) is 2. The van der Waals surface area contributed by atoms with Crippen LogP contribution in [0.2, 0.25) is 0 Å². The van der Waals surface area contributed by atoms with Gasteiger partial charge in [-0.05, 0) is 18.8 Å². The lowest BCUT2D eigenvalue weighted by Crippen LogP contribution is -2.42. The lowest BCUT2D eigenvalue weighted by Gasteiger charge is -2.23. The summed E-state index contributed by atoms with van der Waals surface area (Å²) >= 11 is 0. The van der Waals surface area contributed by atoms with E-state index in [9.17, 15) is 4.79 Å². The average molecular weight is 293 g/mol. The molecule has 1 amide bonds. The summed E-state index contributed by atoms with van der Waals surface area (Å²) in [5, 5.41) is 7.75. The summed E-state index contributed by atoms with van der Waals surface area (Å²) in [6.07, 6.45) is 6.93. The number of carbonyl (C=O) groups is 1. The maximum Gasteiger partial charge on any atom is 0.222 e. The summed E-state index contributed by atoms with van der Waals surface area (Å²) in [6.45, 7) is 5.82. The zero-order chi connectivity index (χ0) is 15.2. The van der Waals surface area contributed by atoms with Crippen LogP contribution in [-0.2, 0) is 17.9 Å². The Hall–Kier alpha value is -1.43. The number of carbonyl (C=O) groups excluding carboxylic acids is 1. The normalized spacial score (nSPS) is 23.2. The molecule has 1 aromatic heterocycles. The second-order valence-corrected chi connectivity index (χ2v) is 6.39. The van der Waals surface area contributed by atoms with E-state index < -0.39 is 0 Å². The molecule has 6 heteroatoms. The first-order valence-electron chi connectivity index (χ1n) is 7.97. The number of amides is 1. The van der Waals surface area contributed by atoms with Crippen LogP contribution in [0.5, 0.6) is 0 Å². The molecule has 1 fully saturated rings. The van der Waals surface area contributed by atoms with Crippen LogP contribution in [0.1, 0.15) is 51.8 Å². The van der Waals surface area contributed by atoms with E-state index in [1.807, 2.05) is 4.68 Å². The average Bonchev–Trinajstić information content (AvgIpc) is 2.71. The van der Waals surface area contributed by atoms with Gasteiger partial charge in [-0.1, -0.05) is 33.1 Å². The second-order valence-electron chi connectivity index (χ2n) is 6.39. The van der Waals surface area contributed by atoms with Gasteiger partial charge in [0.2, 0.25) is 5.91 Å². The van der Waals surface area contributed by atoms with Crippen LogP contribution in [0, 0.1) is 11.8 Å². The Morgan fingerprint density at radius 2 is 2.19 bits per heavy atom. The molecule has 2 atom stereocenters. The van der Waals surface area contributed by atoms with Crippen LogP contribution in [0.25, 0.3) is 0 Å². The monoisotopic (exact) mass is 293 g/mol. The molecule has 1 aliphatic carbocycles. The molecule has 3 N–H and O–H groups in total. The predicted molar refractivity (Wildman–Crippen MR) is 81.3 cm³/mol. The van der Waals surface area contributed by atoms with Gasteiger partial charge < -0.3 is 11.1 Å². The smallest absolute Gasteiger partial charge is 0.222 e. The summed E-state index contributed by atoms with van der Waals surface area (Å²) in [7, 11) is 0. The SMILES string of the molecule is CC(C)Cn1ncnc1CN[C@H]1CCCCC[C@H]1C(N)=O. The van der Waals surface area contributed by atoms with Crippen molar-refractivity contribution in [2.45, 2.75) is 65.1 Å². The van der Waals surface area contributed by atoms with Crippen LogP contribution >= 0.6 is 0 Å². The first-order valence-corrected chi connectivity index (χ1v) is 7.97. The van der Waals surface area contributed by atoms with Gasteiger partial charge in [0.05, 0.1) is 12.5 Å². The zero-order valence-corrected chi connectivity index (χ0v) is 13.1. The molecule has 0 unspecified atom stereocenters. The third-order valence-corrected chi connectivity index (χ3v) is 4.14. The third kappa shape index (κ3) is 4.52. The topological polar surface area (TPSA) is 85.8 Å². The maximum atomic E-state index is 11.6. The highest BCUT2D eigenvalue weighted by Gasteiger charge is 2.27. The fraction of sp³-hybridized carbons (Fsp3) is 0.800. The van der Waals surface area contributed by atoms with Crippen LogP contribution in [0.3, 0.4) is 0 Å². The molecule has 118 valence electrons. The van der Waals surface area contributed by atoms with Crippen LogP contribution in [-0.4, -0.2) is 26.7 Å². The lowest BCUT2D eigenvalue weighted by molar-refractivity contribution is -0.122. The van der Waals surface area contributed by atoms with Gasteiger partial charge in [-0.3, -0.25) is 4.79 Å². The van der Waals surface area contributed by atoms with E-state index >= 15 is 0 Å². The Labute approximate surface area is 126 Å². The van der Waals surface area contributed by atoms with E-state index in [4.69, 9.17) is 5.73 Å². The fourth-order valence-corrected chi connectivity index (χ4v) is 3.04. The van der Waals surface area contributed by atoms with E-state index in [-0.39, 0.29) is 17.9 Å². The van der Waals surface area contributed by atoms with Gasteiger partial charge in [0, 0.05) is 12.6 Å². The van der Waals surface area contributed by atoms with Crippen molar-refractivity contribution in [3.63, 3.8) is 0 Å². The minimum atomic E-state index is -0.182. The van der Waals surface area contributed by atoms with Crippen molar-refractivity contribution in [2.24, 2.45) is 17.6 Å². The summed E-state index contributed by atoms with van der Waals surface area (Å²) in [5.41, 5.74) is 5.56. The van der Waals surface area contributed by atoms with Gasteiger partial charge in [-0.15, -0.1) is 0 Å². The Bertz CT molecular complexity index is 457. The van der Waals surface area contributed by atoms with Gasteiger partial charge in [0.1, 0.15) is 12.2 Å². The molecule has 0 aliphatic heterocycles. The largest absolute Gasteiger partial charge is 0.369 e. The first kappa shape index (κ1) is 15.9. The number of nitrogens with zero attached hydrogens (tertiary/aromatic N) is 3.